The van der Waals surface area contributed by atoms with E-state index in [1.165, 1.54) is 25.7 Å². The number of aliphatic hydroxyl groups is 1. The second-order valence-corrected chi connectivity index (χ2v) is 8.83. The van der Waals surface area contributed by atoms with Gasteiger partial charge in [0, 0.05) is 17.1 Å². The molecule has 1 saturated carbocycles. The van der Waals surface area contributed by atoms with Crippen molar-refractivity contribution in [2.75, 3.05) is 12.4 Å². The zero-order valence-electron chi connectivity index (χ0n) is 12.1. The summed E-state index contributed by atoms with van der Waals surface area (Å²) in [4.78, 5) is 0. The summed E-state index contributed by atoms with van der Waals surface area (Å²) in [7, 11) is 0. The van der Waals surface area contributed by atoms with Crippen LogP contribution in [0.3, 0.4) is 0 Å². The predicted molar refractivity (Wildman–Crippen MR) is 78.1 cm³/mol. The normalized spacial score (nSPS) is 29.7. The van der Waals surface area contributed by atoms with Crippen LogP contribution in [-0.4, -0.2) is 33.9 Å². The largest absolute Gasteiger partial charge is 0.392 e. The van der Waals surface area contributed by atoms with Crippen LogP contribution in [0.25, 0.3) is 0 Å². The van der Waals surface area contributed by atoms with Gasteiger partial charge in [-0.25, -0.2) is 0 Å². The minimum Gasteiger partial charge on any atom is -0.392 e. The van der Waals surface area contributed by atoms with Crippen molar-refractivity contribution in [1.29, 1.82) is 0 Å². The second kappa shape index (κ2) is 5.72. The van der Waals surface area contributed by atoms with Gasteiger partial charge in [-0.1, -0.05) is 33.6 Å². The van der Waals surface area contributed by atoms with Crippen molar-refractivity contribution in [1.82, 2.24) is 0 Å². The van der Waals surface area contributed by atoms with Gasteiger partial charge in [-0.15, -0.1) is 0 Å². The monoisotopic (exact) mass is 272 g/mol. The lowest BCUT2D eigenvalue weighted by Gasteiger charge is -2.40. The van der Waals surface area contributed by atoms with Crippen LogP contribution in [0.15, 0.2) is 0 Å². The molecule has 2 unspecified atom stereocenters. The van der Waals surface area contributed by atoms with E-state index >= 15 is 0 Å². The quantitative estimate of drug-likeness (QED) is 0.851. The Morgan fingerprint density at radius 3 is 2.61 bits per heavy atom. The lowest BCUT2D eigenvalue weighted by molar-refractivity contribution is -0.109. The fraction of sp³-hybridized carbons (Fsp3) is 1.00. The first-order chi connectivity index (χ1) is 8.40. The van der Waals surface area contributed by atoms with Crippen molar-refractivity contribution < 1.29 is 9.84 Å². The molecule has 3 heteroatoms. The maximum absolute atomic E-state index is 10.4. The van der Waals surface area contributed by atoms with Crippen molar-refractivity contribution in [3.63, 3.8) is 0 Å². The third-order valence-electron chi connectivity index (χ3n) is 4.28. The molecule has 0 amide bonds. The summed E-state index contributed by atoms with van der Waals surface area (Å²) in [5.41, 5.74) is 0.135. The van der Waals surface area contributed by atoms with Crippen molar-refractivity contribution >= 4 is 11.8 Å². The van der Waals surface area contributed by atoms with Crippen LogP contribution >= 0.6 is 11.8 Å². The second-order valence-electron chi connectivity index (χ2n) is 6.98. The number of hydrogen-bond acceptors (Lipinski definition) is 3. The molecule has 1 aliphatic heterocycles. The molecule has 106 valence electrons. The molecule has 2 fully saturated rings. The maximum atomic E-state index is 10.4. The summed E-state index contributed by atoms with van der Waals surface area (Å²) < 4.78 is 6.28. The Bertz CT molecular complexity index is 266. The maximum Gasteiger partial charge on any atom is 0.0686 e. The molecule has 2 atom stereocenters. The van der Waals surface area contributed by atoms with Crippen LogP contribution in [0.5, 0.6) is 0 Å². The van der Waals surface area contributed by atoms with E-state index in [1.807, 2.05) is 11.8 Å². The molecule has 1 saturated heterocycles. The van der Waals surface area contributed by atoms with Gasteiger partial charge in [0.25, 0.3) is 0 Å². The predicted octanol–water partition coefficient (Wildman–Crippen LogP) is 3.62. The molecule has 2 rings (SSSR count). The van der Waals surface area contributed by atoms with Crippen molar-refractivity contribution in [3.8, 4) is 0 Å². The first kappa shape index (κ1) is 14.7. The SMILES string of the molecule is CC(C)(C)SCC(O)C1CCOC2(CCCC2)C1. The third-order valence-corrected chi connectivity index (χ3v) is 5.65. The molecule has 1 aliphatic carbocycles. The van der Waals surface area contributed by atoms with Crippen molar-refractivity contribution in [3.05, 3.63) is 0 Å². The van der Waals surface area contributed by atoms with Gasteiger partial charge in [-0.3, -0.25) is 0 Å². The Morgan fingerprint density at radius 2 is 2.00 bits per heavy atom. The molecule has 1 heterocycles. The molecule has 0 bridgehead atoms. The smallest absolute Gasteiger partial charge is 0.0686 e. The number of aliphatic hydroxyl groups excluding tert-OH is 1. The highest BCUT2D eigenvalue weighted by atomic mass is 32.2. The molecule has 1 N–H and O–H groups in total. The van der Waals surface area contributed by atoms with Crippen molar-refractivity contribution in [2.45, 2.75) is 75.7 Å². The van der Waals surface area contributed by atoms with E-state index in [2.05, 4.69) is 20.8 Å². The Morgan fingerprint density at radius 1 is 1.33 bits per heavy atom. The molecule has 0 aromatic rings. The molecular formula is C15H28O2S. The van der Waals surface area contributed by atoms with E-state index in [-0.39, 0.29) is 16.5 Å². The van der Waals surface area contributed by atoms with E-state index in [0.717, 1.165) is 25.2 Å². The standard InChI is InChI=1S/C15H28O2S/c1-14(2,3)18-11-13(16)12-6-9-17-15(10-12)7-4-5-8-15/h12-13,16H,4-11H2,1-3H3. The van der Waals surface area contributed by atoms with E-state index in [4.69, 9.17) is 4.74 Å². The van der Waals surface area contributed by atoms with Crippen LogP contribution < -0.4 is 0 Å². The highest BCUT2D eigenvalue weighted by molar-refractivity contribution is 8.00. The van der Waals surface area contributed by atoms with Gasteiger partial charge in [0.15, 0.2) is 0 Å². The topological polar surface area (TPSA) is 29.5 Å². The summed E-state index contributed by atoms with van der Waals surface area (Å²) >= 11 is 1.88. The fourth-order valence-corrected chi connectivity index (χ4v) is 4.18. The van der Waals surface area contributed by atoms with Gasteiger partial charge < -0.3 is 9.84 Å². The molecular weight excluding hydrogens is 244 g/mol. The summed E-state index contributed by atoms with van der Waals surface area (Å²) in [6, 6.07) is 0. The molecule has 2 aliphatic rings. The summed E-state index contributed by atoms with van der Waals surface area (Å²) in [5.74, 6) is 1.32. The average molecular weight is 272 g/mol. The molecule has 0 aromatic heterocycles. The summed E-state index contributed by atoms with van der Waals surface area (Å²) in [5, 5.41) is 10.4. The Balaban J connectivity index is 1.84. The highest BCUT2D eigenvalue weighted by Gasteiger charge is 2.41. The average Bonchev–Trinajstić information content (AvgIpc) is 2.73. The van der Waals surface area contributed by atoms with Gasteiger partial charge in [0.1, 0.15) is 0 Å². The lowest BCUT2D eigenvalue weighted by Crippen LogP contribution is -2.42. The molecule has 18 heavy (non-hydrogen) atoms. The first-order valence-corrected chi connectivity index (χ1v) is 8.35. The van der Waals surface area contributed by atoms with Crippen LogP contribution in [0, 0.1) is 5.92 Å². The summed E-state index contributed by atoms with van der Waals surface area (Å²) in [6.45, 7) is 7.49. The third kappa shape index (κ3) is 3.88. The Labute approximate surface area is 116 Å². The van der Waals surface area contributed by atoms with Crippen molar-refractivity contribution in [2.24, 2.45) is 5.92 Å². The minimum absolute atomic E-state index is 0.135. The minimum atomic E-state index is -0.157. The van der Waals surface area contributed by atoms with Gasteiger partial charge in [-0.2, -0.15) is 11.8 Å². The highest BCUT2D eigenvalue weighted by Crippen LogP contribution is 2.43. The molecule has 0 aromatic carbocycles. The Kier molecular flexibility index (Phi) is 4.66. The van der Waals surface area contributed by atoms with Gasteiger partial charge in [-0.05, 0) is 31.6 Å². The number of rotatable bonds is 3. The van der Waals surface area contributed by atoms with E-state index in [0.29, 0.717) is 5.92 Å². The first-order valence-electron chi connectivity index (χ1n) is 7.36. The van der Waals surface area contributed by atoms with E-state index in [9.17, 15) is 5.11 Å². The molecule has 1 spiro atoms. The number of hydrogen-bond donors (Lipinski definition) is 1. The molecule has 2 nitrogen and oxygen atoms in total. The number of ether oxygens (including phenoxy) is 1. The van der Waals surface area contributed by atoms with E-state index < -0.39 is 0 Å². The van der Waals surface area contributed by atoms with Gasteiger partial charge in [0.05, 0.1) is 11.7 Å². The van der Waals surface area contributed by atoms with Crippen LogP contribution in [0.2, 0.25) is 0 Å². The van der Waals surface area contributed by atoms with Crippen LogP contribution in [0.1, 0.15) is 59.3 Å². The Hall–Kier alpha value is 0.270. The van der Waals surface area contributed by atoms with Crippen LogP contribution in [-0.2, 0) is 4.74 Å². The van der Waals surface area contributed by atoms with E-state index in [1.54, 1.807) is 0 Å². The van der Waals surface area contributed by atoms with Gasteiger partial charge >= 0.3 is 0 Å². The zero-order chi connectivity index (χ0) is 13.2. The fourth-order valence-electron chi connectivity index (χ4n) is 3.23. The lowest BCUT2D eigenvalue weighted by atomic mass is 9.82. The molecule has 0 radical (unpaired) electrons. The zero-order valence-corrected chi connectivity index (χ0v) is 12.9. The number of thioether (sulfide) groups is 1. The summed E-state index contributed by atoms with van der Waals surface area (Å²) in [6.07, 6.45) is 6.99. The van der Waals surface area contributed by atoms with Crippen LogP contribution in [0.4, 0.5) is 0 Å². The van der Waals surface area contributed by atoms with Gasteiger partial charge in [0.2, 0.25) is 0 Å².